The number of fused-ring (bicyclic) bond motifs is 1. The lowest BCUT2D eigenvalue weighted by Gasteiger charge is -2.07. The van der Waals surface area contributed by atoms with E-state index < -0.39 is 10.1 Å². The number of hydrogen-bond acceptors (Lipinski definition) is 3. The number of benzene rings is 2. The molecule has 0 saturated heterocycles. The fourth-order valence-electron chi connectivity index (χ4n) is 2.17. The summed E-state index contributed by atoms with van der Waals surface area (Å²) >= 11 is 3.41. The Kier molecular flexibility index (Phi) is 3.51. The third kappa shape index (κ3) is 3.11. The minimum absolute atomic E-state index is 0.318. The average molecular weight is 366 g/mol. The minimum Gasteiger partial charge on any atom is -0.383 e. The highest BCUT2D eigenvalue weighted by Gasteiger charge is 2.08. The normalized spacial score (nSPS) is 11.7. The summed E-state index contributed by atoms with van der Waals surface area (Å²) < 4.78 is 30.3. The summed E-state index contributed by atoms with van der Waals surface area (Å²) in [6, 6.07) is 15.1. The van der Waals surface area contributed by atoms with Gasteiger partial charge in [-0.15, -0.1) is 0 Å². The zero-order chi connectivity index (χ0) is 15.0. The molecule has 1 aromatic heterocycles. The highest BCUT2D eigenvalue weighted by molar-refractivity contribution is 9.10. The van der Waals surface area contributed by atoms with Gasteiger partial charge in [-0.25, -0.2) is 0 Å². The van der Waals surface area contributed by atoms with Gasteiger partial charge in [-0.05, 0) is 48.5 Å². The molecule has 21 heavy (non-hydrogen) atoms. The standard InChI is InChI=1S/C15H12BrNO3S/c1-21(18,19)20-14-6-7-15-11(10-14)8-9-17(15)13-4-2-12(16)3-5-13/h2-10H,1H3. The van der Waals surface area contributed by atoms with E-state index in [-0.39, 0.29) is 0 Å². The highest BCUT2D eigenvalue weighted by atomic mass is 79.9. The number of nitrogens with zero attached hydrogens (tertiary/aromatic N) is 1. The average Bonchev–Trinajstić information content (AvgIpc) is 2.81. The lowest BCUT2D eigenvalue weighted by Crippen LogP contribution is -2.05. The lowest BCUT2D eigenvalue weighted by molar-refractivity contribution is 0.493. The zero-order valence-electron chi connectivity index (χ0n) is 11.2. The van der Waals surface area contributed by atoms with Crippen molar-refractivity contribution in [2.45, 2.75) is 0 Å². The summed E-state index contributed by atoms with van der Waals surface area (Å²) in [5, 5.41) is 0.916. The Hall–Kier alpha value is -1.79. The summed E-state index contributed by atoms with van der Waals surface area (Å²) in [6.07, 6.45) is 2.97. The van der Waals surface area contributed by atoms with Crippen LogP contribution < -0.4 is 4.18 Å². The highest BCUT2D eigenvalue weighted by Crippen LogP contribution is 2.26. The summed E-state index contributed by atoms with van der Waals surface area (Å²) in [7, 11) is -3.51. The molecule has 2 aromatic carbocycles. The van der Waals surface area contributed by atoms with Crippen LogP contribution in [0.15, 0.2) is 59.2 Å². The predicted molar refractivity (Wildman–Crippen MR) is 86.4 cm³/mol. The van der Waals surface area contributed by atoms with Crippen molar-refractivity contribution in [3.05, 3.63) is 59.2 Å². The van der Waals surface area contributed by atoms with Crippen molar-refractivity contribution < 1.29 is 12.6 Å². The Labute approximate surface area is 131 Å². The SMILES string of the molecule is CS(=O)(=O)Oc1ccc2c(ccn2-c2ccc(Br)cc2)c1. The van der Waals surface area contributed by atoms with Crippen molar-refractivity contribution in [1.29, 1.82) is 0 Å². The fourth-order valence-corrected chi connectivity index (χ4v) is 2.89. The van der Waals surface area contributed by atoms with E-state index in [4.69, 9.17) is 4.18 Å². The summed E-state index contributed by atoms with van der Waals surface area (Å²) in [4.78, 5) is 0. The summed E-state index contributed by atoms with van der Waals surface area (Å²) in [6.45, 7) is 0. The molecule has 0 atom stereocenters. The number of rotatable bonds is 3. The first-order valence-corrected chi connectivity index (χ1v) is 8.80. The van der Waals surface area contributed by atoms with Gasteiger partial charge in [0, 0.05) is 21.7 Å². The van der Waals surface area contributed by atoms with Crippen LogP contribution in [0.25, 0.3) is 16.6 Å². The number of aromatic nitrogens is 1. The third-order valence-corrected chi connectivity index (χ3v) is 4.04. The molecule has 6 heteroatoms. The molecule has 0 radical (unpaired) electrons. The molecule has 0 fully saturated rings. The first-order valence-electron chi connectivity index (χ1n) is 6.19. The van der Waals surface area contributed by atoms with Crippen LogP contribution in [-0.4, -0.2) is 19.2 Å². The van der Waals surface area contributed by atoms with E-state index in [9.17, 15) is 8.42 Å². The quantitative estimate of drug-likeness (QED) is 0.664. The molecule has 0 saturated carbocycles. The Morgan fingerprint density at radius 1 is 1.05 bits per heavy atom. The Balaban J connectivity index is 2.05. The number of hydrogen-bond donors (Lipinski definition) is 0. The van der Waals surface area contributed by atoms with Gasteiger partial charge < -0.3 is 8.75 Å². The van der Waals surface area contributed by atoms with Crippen molar-refractivity contribution in [3.63, 3.8) is 0 Å². The van der Waals surface area contributed by atoms with E-state index in [2.05, 4.69) is 15.9 Å². The molecule has 0 bridgehead atoms. The monoisotopic (exact) mass is 365 g/mol. The molecule has 3 aromatic rings. The predicted octanol–water partition coefficient (Wildman–Crippen LogP) is 3.73. The van der Waals surface area contributed by atoms with Crippen molar-refractivity contribution in [2.75, 3.05) is 6.26 Å². The van der Waals surface area contributed by atoms with Gasteiger partial charge in [0.1, 0.15) is 5.75 Å². The molecule has 4 nitrogen and oxygen atoms in total. The molecule has 0 unspecified atom stereocenters. The Bertz CT molecular complexity index is 898. The van der Waals surface area contributed by atoms with Gasteiger partial charge in [0.2, 0.25) is 0 Å². The van der Waals surface area contributed by atoms with E-state index in [0.29, 0.717) is 5.75 Å². The van der Waals surface area contributed by atoms with Crippen molar-refractivity contribution in [2.24, 2.45) is 0 Å². The minimum atomic E-state index is -3.51. The maximum Gasteiger partial charge on any atom is 0.306 e. The van der Waals surface area contributed by atoms with Gasteiger partial charge in [0.15, 0.2) is 0 Å². The molecule has 108 valence electrons. The topological polar surface area (TPSA) is 48.3 Å². The summed E-state index contributed by atoms with van der Waals surface area (Å²) in [5.41, 5.74) is 2.02. The van der Waals surface area contributed by atoms with E-state index in [1.807, 2.05) is 47.2 Å². The zero-order valence-corrected chi connectivity index (χ0v) is 13.6. The smallest absolute Gasteiger partial charge is 0.306 e. The molecule has 0 aliphatic heterocycles. The molecule has 0 N–H and O–H groups in total. The maximum absolute atomic E-state index is 11.2. The largest absolute Gasteiger partial charge is 0.383 e. The van der Waals surface area contributed by atoms with Crippen LogP contribution in [0.2, 0.25) is 0 Å². The maximum atomic E-state index is 11.2. The van der Waals surface area contributed by atoms with Crippen LogP contribution in [0.4, 0.5) is 0 Å². The number of halogens is 1. The van der Waals surface area contributed by atoms with Gasteiger partial charge in [-0.2, -0.15) is 8.42 Å². The lowest BCUT2D eigenvalue weighted by atomic mass is 10.2. The second-order valence-electron chi connectivity index (χ2n) is 4.67. The van der Waals surface area contributed by atoms with Crippen LogP contribution in [-0.2, 0) is 10.1 Å². The Morgan fingerprint density at radius 2 is 1.76 bits per heavy atom. The first kappa shape index (κ1) is 14.2. The van der Waals surface area contributed by atoms with Gasteiger partial charge in [0.25, 0.3) is 0 Å². The van der Waals surface area contributed by atoms with E-state index >= 15 is 0 Å². The van der Waals surface area contributed by atoms with Crippen molar-refractivity contribution in [1.82, 2.24) is 4.57 Å². The summed E-state index contributed by atoms with van der Waals surface area (Å²) in [5.74, 6) is 0.318. The van der Waals surface area contributed by atoms with Gasteiger partial charge in [-0.1, -0.05) is 15.9 Å². The van der Waals surface area contributed by atoms with Gasteiger partial charge in [0.05, 0.1) is 11.8 Å². The molecular weight excluding hydrogens is 354 g/mol. The van der Waals surface area contributed by atoms with Crippen LogP contribution in [0.3, 0.4) is 0 Å². The van der Waals surface area contributed by atoms with Crippen LogP contribution in [0.1, 0.15) is 0 Å². The van der Waals surface area contributed by atoms with Crippen molar-refractivity contribution in [3.8, 4) is 11.4 Å². The molecule has 3 rings (SSSR count). The second kappa shape index (κ2) is 5.20. The van der Waals surface area contributed by atoms with Gasteiger partial charge in [-0.3, -0.25) is 0 Å². The van der Waals surface area contributed by atoms with E-state index in [1.165, 1.54) is 0 Å². The second-order valence-corrected chi connectivity index (χ2v) is 7.16. The molecule has 0 aliphatic rings. The molecule has 1 heterocycles. The fraction of sp³-hybridized carbons (Fsp3) is 0.0667. The Morgan fingerprint density at radius 3 is 2.43 bits per heavy atom. The van der Waals surface area contributed by atoms with Crippen LogP contribution in [0.5, 0.6) is 5.75 Å². The van der Waals surface area contributed by atoms with Crippen LogP contribution in [0, 0.1) is 0 Å². The van der Waals surface area contributed by atoms with Gasteiger partial charge >= 0.3 is 10.1 Å². The molecule has 0 spiro atoms. The molecule has 0 amide bonds. The van der Waals surface area contributed by atoms with E-state index in [0.717, 1.165) is 27.3 Å². The first-order chi connectivity index (χ1) is 9.92. The molecular formula is C15H12BrNO3S. The van der Waals surface area contributed by atoms with Crippen LogP contribution >= 0.6 is 15.9 Å². The van der Waals surface area contributed by atoms with Crippen molar-refractivity contribution >= 4 is 37.0 Å². The third-order valence-electron chi connectivity index (χ3n) is 3.01. The van der Waals surface area contributed by atoms with E-state index in [1.54, 1.807) is 12.1 Å². The molecule has 0 aliphatic carbocycles.